The monoisotopic (exact) mass is 434 g/mol. The summed E-state index contributed by atoms with van der Waals surface area (Å²) in [4.78, 5) is 11.0. The number of rotatable bonds is 9. The van der Waals surface area contributed by atoms with E-state index in [0.717, 1.165) is 24.3 Å². The van der Waals surface area contributed by atoms with Crippen molar-refractivity contribution in [2.75, 3.05) is 6.54 Å². The summed E-state index contributed by atoms with van der Waals surface area (Å²) in [6.45, 7) is -0.0897. The minimum Gasteiger partial charge on any atom is -0.465 e. The molecule has 2 aromatic rings. The first-order valence-corrected chi connectivity index (χ1v) is 8.70. The van der Waals surface area contributed by atoms with E-state index in [1.165, 1.54) is 12.1 Å². The quantitative estimate of drug-likeness (QED) is 0.455. The second-order valence-electron chi connectivity index (χ2n) is 6.43. The van der Waals surface area contributed by atoms with E-state index in [1.807, 2.05) is 0 Å². The molecule has 4 N–H and O–H groups in total. The number of aliphatic hydroxyl groups is 1. The zero-order valence-electron chi connectivity index (χ0n) is 15.4. The van der Waals surface area contributed by atoms with Crippen LogP contribution in [0.4, 0.5) is 26.7 Å². The van der Waals surface area contributed by atoms with Gasteiger partial charge in [-0.15, -0.1) is 13.2 Å². The zero-order valence-corrected chi connectivity index (χ0v) is 15.4. The van der Waals surface area contributed by atoms with E-state index in [0.29, 0.717) is 11.6 Å². The molecular formula is C19H19F5N2O4. The summed E-state index contributed by atoms with van der Waals surface area (Å²) in [7, 11) is 0. The molecule has 0 fully saturated rings. The van der Waals surface area contributed by atoms with Crippen molar-refractivity contribution in [3.8, 4) is 5.75 Å². The molecule has 164 valence electrons. The van der Waals surface area contributed by atoms with Gasteiger partial charge < -0.3 is 25.6 Å². The van der Waals surface area contributed by atoms with E-state index in [1.54, 1.807) is 0 Å². The molecule has 0 spiro atoms. The smallest absolute Gasteiger partial charge is 0.465 e. The summed E-state index contributed by atoms with van der Waals surface area (Å²) in [5.74, 6) is -2.08. The number of hydrogen-bond donors (Lipinski definition) is 4. The molecule has 0 saturated heterocycles. The number of halogens is 5. The molecule has 2 rings (SSSR count). The molecule has 11 heteroatoms. The second-order valence-corrected chi connectivity index (χ2v) is 6.43. The maximum absolute atomic E-state index is 13.3. The average molecular weight is 434 g/mol. The average Bonchev–Trinajstić information content (AvgIpc) is 2.58. The Morgan fingerprint density at radius 3 is 2.33 bits per heavy atom. The van der Waals surface area contributed by atoms with Crippen LogP contribution in [0.2, 0.25) is 0 Å². The molecule has 6 nitrogen and oxygen atoms in total. The fourth-order valence-corrected chi connectivity index (χ4v) is 2.78. The lowest BCUT2D eigenvalue weighted by molar-refractivity contribution is -0.274. The van der Waals surface area contributed by atoms with E-state index in [-0.39, 0.29) is 25.1 Å². The van der Waals surface area contributed by atoms with Gasteiger partial charge in [-0.05, 0) is 41.8 Å². The number of carbonyl (C=O) groups is 1. The Kier molecular flexibility index (Phi) is 7.95. The van der Waals surface area contributed by atoms with Gasteiger partial charge in [0.25, 0.3) is 0 Å². The Balaban J connectivity index is 1.96. The Bertz CT molecular complexity index is 843. The number of aliphatic hydroxyl groups excluding tert-OH is 1. The fraction of sp³-hybridized carbons (Fsp3) is 0.316. The number of hydrogen-bond acceptors (Lipinski definition) is 4. The number of carboxylic acid groups (broad SMARTS) is 1. The maximum atomic E-state index is 13.3. The Morgan fingerprint density at radius 2 is 1.73 bits per heavy atom. The molecule has 0 radical (unpaired) electrons. The van der Waals surface area contributed by atoms with Crippen LogP contribution < -0.4 is 15.4 Å². The van der Waals surface area contributed by atoms with Crippen molar-refractivity contribution in [3.63, 3.8) is 0 Å². The summed E-state index contributed by atoms with van der Waals surface area (Å²) in [5.41, 5.74) is 0.571. The number of benzene rings is 2. The van der Waals surface area contributed by atoms with Crippen molar-refractivity contribution < 1.29 is 41.7 Å². The summed E-state index contributed by atoms with van der Waals surface area (Å²) < 4.78 is 67.3. The molecule has 0 aliphatic heterocycles. The van der Waals surface area contributed by atoms with Crippen LogP contribution in [0, 0.1) is 11.6 Å². The highest BCUT2D eigenvalue weighted by atomic mass is 19.4. The van der Waals surface area contributed by atoms with E-state index in [4.69, 9.17) is 5.11 Å². The summed E-state index contributed by atoms with van der Waals surface area (Å²) in [5, 5.41) is 24.1. The molecule has 1 amide bonds. The van der Waals surface area contributed by atoms with Crippen LogP contribution in [0.1, 0.15) is 11.1 Å². The van der Waals surface area contributed by atoms with Gasteiger partial charge in [-0.3, -0.25) is 0 Å². The molecule has 2 aromatic carbocycles. The standard InChI is InChI=1S/C19H19F5N2O4/c20-13-4-12(5-14(21)8-13)7-16(26-18(28)29)17(27)10-25-9-11-2-1-3-15(6-11)30-19(22,23)24/h1-6,8,16-17,25-27H,7,9-10H2,(H,28,29)/t16-,17+/m0/s1. The van der Waals surface area contributed by atoms with Crippen molar-refractivity contribution in [3.05, 3.63) is 65.2 Å². The van der Waals surface area contributed by atoms with Gasteiger partial charge in [0.15, 0.2) is 0 Å². The highest BCUT2D eigenvalue weighted by Gasteiger charge is 2.31. The number of alkyl halides is 3. The van der Waals surface area contributed by atoms with E-state index in [9.17, 15) is 31.9 Å². The number of amides is 1. The van der Waals surface area contributed by atoms with Crippen LogP contribution in [0.5, 0.6) is 5.75 Å². The maximum Gasteiger partial charge on any atom is 0.573 e. The van der Waals surface area contributed by atoms with Crippen molar-refractivity contribution in [2.24, 2.45) is 0 Å². The van der Waals surface area contributed by atoms with Crippen molar-refractivity contribution in [1.29, 1.82) is 0 Å². The van der Waals surface area contributed by atoms with Gasteiger partial charge in [0.1, 0.15) is 17.4 Å². The molecule has 0 aliphatic rings. The largest absolute Gasteiger partial charge is 0.573 e. The third kappa shape index (κ3) is 8.21. The molecule has 0 bridgehead atoms. The first kappa shape index (κ1) is 23.4. The van der Waals surface area contributed by atoms with Gasteiger partial charge in [0, 0.05) is 19.2 Å². The van der Waals surface area contributed by atoms with Crippen LogP contribution in [0.25, 0.3) is 0 Å². The molecule has 0 aliphatic carbocycles. The summed E-state index contributed by atoms with van der Waals surface area (Å²) in [6.07, 6.45) is -7.73. The first-order chi connectivity index (χ1) is 14.0. The molecule has 0 aromatic heterocycles. The van der Waals surface area contributed by atoms with E-state index >= 15 is 0 Å². The van der Waals surface area contributed by atoms with Gasteiger partial charge >= 0.3 is 12.5 Å². The summed E-state index contributed by atoms with van der Waals surface area (Å²) >= 11 is 0. The van der Waals surface area contributed by atoms with Crippen molar-refractivity contribution in [1.82, 2.24) is 10.6 Å². The van der Waals surface area contributed by atoms with E-state index < -0.39 is 42.0 Å². The lowest BCUT2D eigenvalue weighted by atomic mass is 10.0. The SMILES string of the molecule is O=C(O)N[C@@H](Cc1cc(F)cc(F)c1)[C@H](O)CNCc1cccc(OC(F)(F)F)c1. The van der Waals surface area contributed by atoms with Crippen LogP contribution in [0.3, 0.4) is 0 Å². The number of ether oxygens (including phenoxy) is 1. The van der Waals surface area contributed by atoms with Crippen LogP contribution in [0.15, 0.2) is 42.5 Å². The fourth-order valence-electron chi connectivity index (χ4n) is 2.78. The lowest BCUT2D eigenvalue weighted by Gasteiger charge is -2.23. The predicted octanol–water partition coefficient (Wildman–Crippen LogP) is 3.19. The highest BCUT2D eigenvalue weighted by Crippen LogP contribution is 2.23. The summed E-state index contributed by atoms with van der Waals surface area (Å²) in [6, 6.07) is 6.81. The molecule has 0 unspecified atom stereocenters. The van der Waals surface area contributed by atoms with Gasteiger partial charge in [0.2, 0.25) is 0 Å². The van der Waals surface area contributed by atoms with Crippen LogP contribution in [-0.2, 0) is 13.0 Å². The first-order valence-electron chi connectivity index (χ1n) is 8.70. The van der Waals surface area contributed by atoms with Crippen molar-refractivity contribution in [2.45, 2.75) is 31.5 Å². The minimum absolute atomic E-state index is 0.0561. The Morgan fingerprint density at radius 1 is 1.07 bits per heavy atom. The lowest BCUT2D eigenvalue weighted by Crippen LogP contribution is -2.48. The number of nitrogens with one attached hydrogen (secondary N) is 2. The molecule has 2 atom stereocenters. The molecular weight excluding hydrogens is 415 g/mol. The highest BCUT2D eigenvalue weighted by molar-refractivity contribution is 5.65. The molecule has 30 heavy (non-hydrogen) atoms. The van der Waals surface area contributed by atoms with Crippen LogP contribution >= 0.6 is 0 Å². The third-order valence-electron chi connectivity index (χ3n) is 3.97. The second kappa shape index (κ2) is 10.2. The Hall–Kier alpha value is -2.92. The molecule has 0 saturated carbocycles. The molecule has 0 heterocycles. The van der Waals surface area contributed by atoms with E-state index in [2.05, 4.69) is 15.4 Å². The van der Waals surface area contributed by atoms with Gasteiger partial charge in [0.05, 0.1) is 12.1 Å². The van der Waals surface area contributed by atoms with Crippen molar-refractivity contribution >= 4 is 6.09 Å². The van der Waals surface area contributed by atoms with Gasteiger partial charge in [-0.2, -0.15) is 0 Å². The third-order valence-corrected chi connectivity index (χ3v) is 3.97. The minimum atomic E-state index is -4.83. The Labute approximate surface area is 168 Å². The van der Waals surface area contributed by atoms with Gasteiger partial charge in [-0.25, -0.2) is 13.6 Å². The predicted molar refractivity (Wildman–Crippen MR) is 95.8 cm³/mol. The topological polar surface area (TPSA) is 90.8 Å². The normalized spacial score (nSPS) is 13.5. The zero-order chi connectivity index (χ0) is 22.3. The van der Waals surface area contributed by atoms with Gasteiger partial charge in [-0.1, -0.05) is 12.1 Å². The van der Waals surface area contributed by atoms with Crippen LogP contribution in [-0.4, -0.2) is 41.4 Å².